The van der Waals surface area contributed by atoms with Crippen LogP contribution in [-0.4, -0.2) is 23.1 Å². The Kier molecular flexibility index (Phi) is 8.41. The number of hydrogen-bond donors (Lipinski definition) is 0. The van der Waals surface area contributed by atoms with Gasteiger partial charge in [0.2, 0.25) is 0 Å². The molecule has 1 heterocycles. The van der Waals surface area contributed by atoms with Gasteiger partial charge < -0.3 is 4.90 Å². The molecule has 4 heteroatoms. The summed E-state index contributed by atoms with van der Waals surface area (Å²) in [5.74, 6) is 2.70. The summed E-state index contributed by atoms with van der Waals surface area (Å²) in [7, 11) is 0. The van der Waals surface area contributed by atoms with Crippen LogP contribution in [0, 0.1) is 9.62 Å². The van der Waals surface area contributed by atoms with Crippen LogP contribution >= 0.6 is 22.6 Å². The molecule has 0 bridgehead atoms. The average Bonchev–Trinajstić information content (AvgIpc) is 2.37. The normalized spacial score (nSPS) is 11.1. The van der Waals surface area contributed by atoms with Gasteiger partial charge in [0.1, 0.15) is 15.3 Å². The fourth-order valence-electron chi connectivity index (χ4n) is 2.11. The van der Waals surface area contributed by atoms with Crippen molar-refractivity contribution in [1.29, 1.82) is 0 Å². The first-order chi connectivity index (χ1) is 9.56. The van der Waals surface area contributed by atoms with Crippen LogP contribution in [-0.2, 0) is 6.42 Å². The van der Waals surface area contributed by atoms with Crippen LogP contribution in [0.4, 0.5) is 5.82 Å². The first-order valence-corrected chi connectivity index (χ1v) is 8.93. The first-order valence-electron chi connectivity index (χ1n) is 7.85. The summed E-state index contributed by atoms with van der Waals surface area (Å²) in [6.07, 6.45) is 5.86. The summed E-state index contributed by atoms with van der Waals surface area (Å²) < 4.78 is 1.06. The quantitative estimate of drug-likeness (QED) is 0.453. The maximum Gasteiger partial charge on any atom is 0.133 e. The van der Waals surface area contributed by atoms with Crippen molar-refractivity contribution in [2.24, 2.45) is 5.92 Å². The van der Waals surface area contributed by atoms with Gasteiger partial charge >= 0.3 is 0 Å². The Bertz CT molecular complexity index is 385. The van der Waals surface area contributed by atoms with E-state index in [1.807, 2.05) is 0 Å². The van der Waals surface area contributed by atoms with Crippen LogP contribution in [0.2, 0.25) is 0 Å². The van der Waals surface area contributed by atoms with Gasteiger partial charge in [-0.3, -0.25) is 0 Å². The number of rotatable bonds is 9. The van der Waals surface area contributed by atoms with Crippen molar-refractivity contribution in [3.63, 3.8) is 0 Å². The summed E-state index contributed by atoms with van der Waals surface area (Å²) in [6, 6.07) is 2.12. The van der Waals surface area contributed by atoms with Crippen molar-refractivity contribution in [3.05, 3.63) is 15.6 Å². The lowest BCUT2D eigenvalue weighted by Gasteiger charge is -2.24. The van der Waals surface area contributed by atoms with Crippen LogP contribution in [0.5, 0.6) is 0 Å². The van der Waals surface area contributed by atoms with Gasteiger partial charge in [-0.05, 0) is 41.4 Å². The summed E-state index contributed by atoms with van der Waals surface area (Å²) in [5, 5.41) is 0. The van der Waals surface area contributed by atoms with E-state index >= 15 is 0 Å². The van der Waals surface area contributed by atoms with Gasteiger partial charge in [0.15, 0.2) is 0 Å². The molecule has 0 aliphatic heterocycles. The molecule has 0 aliphatic rings. The highest BCUT2D eigenvalue weighted by Crippen LogP contribution is 2.17. The molecule has 3 nitrogen and oxygen atoms in total. The summed E-state index contributed by atoms with van der Waals surface area (Å²) in [5.41, 5.74) is 0. The first kappa shape index (κ1) is 17.7. The minimum atomic E-state index is 0.598. The number of halogens is 1. The lowest BCUT2D eigenvalue weighted by molar-refractivity contribution is 0.613. The minimum Gasteiger partial charge on any atom is -0.356 e. The van der Waals surface area contributed by atoms with Crippen LogP contribution in [0.25, 0.3) is 0 Å². The molecule has 20 heavy (non-hydrogen) atoms. The molecular formula is C16H28IN3. The van der Waals surface area contributed by atoms with E-state index in [-0.39, 0.29) is 0 Å². The van der Waals surface area contributed by atoms with Gasteiger partial charge in [0.25, 0.3) is 0 Å². The highest BCUT2D eigenvalue weighted by Gasteiger charge is 2.11. The lowest BCUT2D eigenvalue weighted by Crippen LogP contribution is -2.27. The Balaban J connectivity index is 2.89. The molecule has 0 atom stereocenters. The Hall–Kier alpha value is -0.390. The molecule has 0 fully saturated rings. The largest absolute Gasteiger partial charge is 0.356 e. The third kappa shape index (κ3) is 6.37. The molecule has 0 aliphatic carbocycles. The van der Waals surface area contributed by atoms with Gasteiger partial charge in [0, 0.05) is 25.6 Å². The monoisotopic (exact) mass is 389 g/mol. The van der Waals surface area contributed by atoms with Crippen LogP contribution in [0.3, 0.4) is 0 Å². The number of anilines is 1. The molecule has 1 rings (SSSR count). The van der Waals surface area contributed by atoms with Gasteiger partial charge in [-0.15, -0.1) is 0 Å². The Labute approximate surface area is 137 Å². The summed E-state index contributed by atoms with van der Waals surface area (Å²) in [4.78, 5) is 11.8. The van der Waals surface area contributed by atoms with E-state index in [1.165, 1.54) is 25.7 Å². The third-order valence-electron chi connectivity index (χ3n) is 3.21. The summed E-state index contributed by atoms with van der Waals surface area (Å²) in [6.45, 7) is 11.1. The van der Waals surface area contributed by atoms with E-state index in [0.29, 0.717) is 5.92 Å². The van der Waals surface area contributed by atoms with Crippen molar-refractivity contribution >= 4 is 28.4 Å². The molecule has 0 unspecified atom stereocenters. The van der Waals surface area contributed by atoms with Crippen LogP contribution in [0.15, 0.2) is 6.07 Å². The second-order valence-corrected chi connectivity index (χ2v) is 6.86. The molecule has 114 valence electrons. The molecule has 1 aromatic rings. The Morgan fingerprint density at radius 3 is 2.20 bits per heavy atom. The smallest absolute Gasteiger partial charge is 0.133 e. The zero-order valence-electron chi connectivity index (χ0n) is 13.3. The van der Waals surface area contributed by atoms with Crippen molar-refractivity contribution in [1.82, 2.24) is 9.97 Å². The van der Waals surface area contributed by atoms with Crippen molar-refractivity contribution < 1.29 is 0 Å². The van der Waals surface area contributed by atoms with E-state index in [1.54, 1.807) is 0 Å². The molecule has 0 amide bonds. The fourth-order valence-corrected chi connectivity index (χ4v) is 2.67. The highest BCUT2D eigenvalue weighted by atomic mass is 127. The molecule has 0 aromatic carbocycles. The van der Waals surface area contributed by atoms with Crippen LogP contribution < -0.4 is 4.90 Å². The number of nitrogens with zero attached hydrogens (tertiary/aromatic N) is 3. The SMILES string of the molecule is CCCCN(CCCC)c1cc(I)nc(CC(C)C)n1. The maximum absolute atomic E-state index is 4.79. The molecule has 0 N–H and O–H groups in total. The third-order valence-corrected chi connectivity index (χ3v) is 3.76. The molecule has 0 radical (unpaired) electrons. The maximum atomic E-state index is 4.79. The lowest BCUT2D eigenvalue weighted by atomic mass is 10.1. The molecule has 1 aromatic heterocycles. The number of hydrogen-bond acceptors (Lipinski definition) is 3. The fraction of sp³-hybridized carbons (Fsp3) is 0.750. The molecule has 0 spiro atoms. The molecular weight excluding hydrogens is 361 g/mol. The average molecular weight is 389 g/mol. The molecule has 0 saturated carbocycles. The predicted octanol–water partition coefficient (Wildman–Crippen LogP) is 4.69. The van der Waals surface area contributed by atoms with E-state index in [2.05, 4.69) is 66.2 Å². The summed E-state index contributed by atoms with van der Waals surface area (Å²) >= 11 is 2.31. The van der Waals surface area contributed by atoms with Crippen molar-refractivity contribution in [2.45, 2.75) is 59.8 Å². The van der Waals surface area contributed by atoms with Gasteiger partial charge in [0.05, 0.1) is 0 Å². The van der Waals surface area contributed by atoms with E-state index < -0.39 is 0 Å². The van der Waals surface area contributed by atoms with Gasteiger partial charge in [-0.2, -0.15) is 0 Å². The standard InChI is InChI=1S/C16H28IN3/c1-5-7-9-20(10-8-6-2)16-12-14(17)18-15(19-16)11-13(3)4/h12-13H,5-11H2,1-4H3. The van der Waals surface area contributed by atoms with Gasteiger partial charge in [-0.1, -0.05) is 40.5 Å². The molecule has 0 saturated heterocycles. The Morgan fingerprint density at radius 2 is 1.70 bits per heavy atom. The van der Waals surface area contributed by atoms with Gasteiger partial charge in [-0.25, -0.2) is 9.97 Å². The Morgan fingerprint density at radius 1 is 1.10 bits per heavy atom. The van der Waals surface area contributed by atoms with E-state index in [0.717, 1.165) is 34.9 Å². The van der Waals surface area contributed by atoms with E-state index in [4.69, 9.17) is 4.98 Å². The zero-order chi connectivity index (χ0) is 15.0. The number of unbranched alkanes of at least 4 members (excludes halogenated alkanes) is 2. The van der Waals surface area contributed by atoms with Crippen molar-refractivity contribution in [2.75, 3.05) is 18.0 Å². The van der Waals surface area contributed by atoms with E-state index in [9.17, 15) is 0 Å². The zero-order valence-corrected chi connectivity index (χ0v) is 15.5. The minimum absolute atomic E-state index is 0.598. The highest BCUT2D eigenvalue weighted by molar-refractivity contribution is 14.1. The van der Waals surface area contributed by atoms with Crippen LogP contribution in [0.1, 0.15) is 59.2 Å². The number of aromatic nitrogens is 2. The van der Waals surface area contributed by atoms with Crippen molar-refractivity contribution in [3.8, 4) is 0 Å². The topological polar surface area (TPSA) is 29.0 Å². The second kappa shape index (κ2) is 9.53. The predicted molar refractivity (Wildman–Crippen MR) is 95.3 cm³/mol. The second-order valence-electron chi connectivity index (χ2n) is 5.76.